The number of piperazine rings is 1. The summed E-state index contributed by atoms with van der Waals surface area (Å²) in [4.78, 5) is 17.9. The highest BCUT2D eigenvalue weighted by atomic mass is 127. The molecule has 1 atom stereocenters. The van der Waals surface area contributed by atoms with E-state index in [2.05, 4.69) is 27.8 Å². The SMILES string of the molecule is Cc1c(F)c2c3c(nc(=O)n(I)c3c1Cl)N1CCN(I)CC1CS2(=O)=O. The lowest BCUT2D eigenvalue weighted by Gasteiger charge is -2.38. The van der Waals surface area contributed by atoms with Crippen molar-refractivity contribution < 1.29 is 12.8 Å². The van der Waals surface area contributed by atoms with Crippen molar-refractivity contribution in [2.24, 2.45) is 0 Å². The predicted octanol–water partition coefficient (Wildman–Crippen LogP) is 2.32. The summed E-state index contributed by atoms with van der Waals surface area (Å²) in [5.41, 5.74) is -0.366. The molecule has 140 valence electrons. The molecule has 26 heavy (non-hydrogen) atoms. The van der Waals surface area contributed by atoms with Gasteiger partial charge in [0.25, 0.3) is 0 Å². The first-order valence-electron chi connectivity index (χ1n) is 7.64. The summed E-state index contributed by atoms with van der Waals surface area (Å²) in [7, 11) is -3.94. The zero-order chi connectivity index (χ0) is 19.0. The Bertz CT molecular complexity index is 1120. The molecule has 0 amide bonds. The molecule has 12 heteroatoms. The van der Waals surface area contributed by atoms with E-state index in [4.69, 9.17) is 11.6 Å². The van der Waals surface area contributed by atoms with Crippen molar-refractivity contribution in [1.29, 1.82) is 0 Å². The molecule has 0 bridgehead atoms. The van der Waals surface area contributed by atoms with Gasteiger partial charge in [-0.3, -0.25) is 0 Å². The standard InChI is InChI=1S/C14H12ClFI2N4O3S/c1-6-9(15)11-8-12(10(6)16)26(24,25)5-7-4-20(17)2-3-21(7)13(8)19-14(23)22(11)18/h7H,2-5H2,1H3. The van der Waals surface area contributed by atoms with Crippen LogP contribution in [0, 0.1) is 12.7 Å². The maximum absolute atomic E-state index is 15.1. The average Bonchev–Trinajstić information content (AvgIpc) is 2.64. The lowest BCUT2D eigenvalue weighted by atomic mass is 10.1. The van der Waals surface area contributed by atoms with Crippen LogP contribution in [-0.2, 0) is 9.84 Å². The van der Waals surface area contributed by atoms with E-state index < -0.39 is 32.3 Å². The summed E-state index contributed by atoms with van der Waals surface area (Å²) in [5.74, 6) is -0.915. The fourth-order valence-corrected chi connectivity index (χ4v) is 7.07. The molecule has 0 saturated carbocycles. The molecule has 7 nitrogen and oxygen atoms in total. The quantitative estimate of drug-likeness (QED) is 0.331. The van der Waals surface area contributed by atoms with Crippen molar-refractivity contribution in [2.75, 3.05) is 30.3 Å². The van der Waals surface area contributed by atoms with Gasteiger partial charge in [-0.25, -0.2) is 23.5 Å². The molecule has 4 rings (SSSR count). The van der Waals surface area contributed by atoms with Crippen LogP contribution < -0.4 is 10.6 Å². The summed E-state index contributed by atoms with van der Waals surface area (Å²) in [5, 5.41) is 0.120. The first-order valence-corrected chi connectivity index (χ1v) is 11.6. The van der Waals surface area contributed by atoms with Crippen molar-refractivity contribution >= 4 is 83.9 Å². The molecule has 0 aliphatic carbocycles. The zero-order valence-electron chi connectivity index (χ0n) is 13.3. The number of sulfone groups is 1. The average molecular weight is 625 g/mol. The highest BCUT2D eigenvalue weighted by Crippen LogP contribution is 2.42. The van der Waals surface area contributed by atoms with Crippen LogP contribution in [0.4, 0.5) is 10.2 Å². The molecule has 2 aromatic rings. The van der Waals surface area contributed by atoms with Crippen LogP contribution in [0.25, 0.3) is 10.9 Å². The number of fused-ring (bicyclic) bond motifs is 2. The minimum atomic E-state index is -3.94. The van der Waals surface area contributed by atoms with E-state index in [0.717, 1.165) is 2.78 Å². The second-order valence-electron chi connectivity index (χ2n) is 6.30. The molecular weight excluding hydrogens is 613 g/mol. The maximum Gasteiger partial charge on any atom is 0.359 e. The second-order valence-corrected chi connectivity index (χ2v) is 11.0. The van der Waals surface area contributed by atoms with Gasteiger partial charge < -0.3 is 4.90 Å². The van der Waals surface area contributed by atoms with Gasteiger partial charge in [-0.2, -0.15) is 4.98 Å². The van der Waals surface area contributed by atoms with Crippen molar-refractivity contribution in [2.45, 2.75) is 17.9 Å². The van der Waals surface area contributed by atoms with Crippen molar-refractivity contribution in [1.82, 2.24) is 10.9 Å². The first kappa shape index (κ1) is 19.1. The molecule has 0 radical (unpaired) electrons. The molecule has 1 aromatic carbocycles. The lowest BCUT2D eigenvalue weighted by Crippen LogP contribution is -2.53. The van der Waals surface area contributed by atoms with Gasteiger partial charge in [0, 0.05) is 48.1 Å². The topological polar surface area (TPSA) is 75.5 Å². The van der Waals surface area contributed by atoms with Crippen molar-refractivity contribution in [3.05, 3.63) is 26.9 Å². The number of halogens is 4. The number of aromatic nitrogens is 2. The van der Waals surface area contributed by atoms with Crippen LogP contribution >= 0.6 is 57.3 Å². The Morgan fingerprint density at radius 3 is 2.69 bits per heavy atom. The molecule has 1 aromatic heterocycles. The highest BCUT2D eigenvalue weighted by molar-refractivity contribution is 14.1. The summed E-state index contributed by atoms with van der Waals surface area (Å²) < 4.78 is 44.3. The van der Waals surface area contributed by atoms with Gasteiger partial charge in [-0.05, 0) is 6.92 Å². The smallest absolute Gasteiger partial charge is 0.349 e. The highest BCUT2D eigenvalue weighted by Gasteiger charge is 2.41. The molecule has 2 aliphatic heterocycles. The van der Waals surface area contributed by atoms with Crippen LogP contribution in [0.1, 0.15) is 5.56 Å². The van der Waals surface area contributed by atoms with E-state index in [9.17, 15) is 13.2 Å². The summed E-state index contributed by atoms with van der Waals surface area (Å²) in [6, 6.07) is -0.420. The molecule has 1 saturated heterocycles. The number of rotatable bonds is 0. The van der Waals surface area contributed by atoms with E-state index in [1.54, 1.807) is 27.8 Å². The number of hydrogen-bond donors (Lipinski definition) is 0. The van der Waals surface area contributed by atoms with Gasteiger partial charge in [-0.1, -0.05) is 11.6 Å². The number of benzene rings is 1. The van der Waals surface area contributed by atoms with Gasteiger partial charge >= 0.3 is 5.69 Å². The Balaban J connectivity index is 2.23. The van der Waals surface area contributed by atoms with Crippen LogP contribution in [0.3, 0.4) is 0 Å². The maximum atomic E-state index is 15.1. The number of hydrogen-bond acceptors (Lipinski definition) is 6. The predicted molar refractivity (Wildman–Crippen MR) is 114 cm³/mol. The Morgan fingerprint density at radius 1 is 1.31 bits per heavy atom. The molecular formula is C14H12ClFI2N4O3S. The summed E-state index contributed by atoms with van der Waals surface area (Å²) >= 11 is 10.2. The van der Waals surface area contributed by atoms with E-state index in [-0.39, 0.29) is 33.1 Å². The van der Waals surface area contributed by atoms with E-state index in [1.807, 2.05) is 3.11 Å². The van der Waals surface area contributed by atoms with Crippen LogP contribution in [-0.4, -0.2) is 50.7 Å². The summed E-state index contributed by atoms with van der Waals surface area (Å²) in [6.45, 7) is 3.04. The molecule has 1 unspecified atom stereocenters. The lowest BCUT2D eigenvalue weighted by molar-refractivity contribution is 0.398. The Labute approximate surface area is 181 Å². The Morgan fingerprint density at radius 2 is 2.00 bits per heavy atom. The Hall–Kier alpha value is -0.250. The minimum Gasteiger partial charge on any atom is -0.349 e. The van der Waals surface area contributed by atoms with Gasteiger partial charge in [-0.15, -0.1) is 0 Å². The third-order valence-corrected chi connectivity index (χ3v) is 8.81. The molecule has 1 fully saturated rings. The normalized spacial score (nSPS) is 22.3. The van der Waals surface area contributed by atoms with E-state index in [0.29, 0.717) is 19.6 Å². The molecule has 0 spiro atoms. The van der Waals surface area contributed by atoms with Gasteiger partial charge in [0.05, 0.1) is 50.6 Å². The largest absolute Gasteiger partial charge is 0.359 e. The number of nitrogens with zero attached hydrogens (tertiary/aromatic N) is 4. The minimum absolute atomic E-state index is 0.00935. The molecule has 3 heterocycles. The fraction of sp³-hybridized carbons (Fsp3) is 0.429. The van der Waals surface area contributed by atoms with Crippen molar-refractivity contribution in [3.8, 4) is 0 Å². The summed E-state index contributed by atoms with van der Waals surface area (Å²) in [6.07, 6.45) is 0. The van der Waals surface area contributed by atoms with Gasteiger partial charge in [0.1, 0.15) is 16.5 Å². The molecule has 2 aliphatic rings. The van der Waals surface area contributed by atoms with E-state index in [1.165, 1.54) is 6.92 Å². The van der Waals surface area contributed by atoms with Crippen LogP contribution in [0.5, 0.6) is 0 Å². The first-order chi connectivity index (χ1) is 12.1. The van der Waals surface area contributed by atoms with Gasteiger partial charge in [0.15, 0.2) is 9.84 Å². The third-order valence-electron chi connectivity index (χ3n) is 4.75. The van der Waals surface area contributed by atoms with Crippen LogP contribution in [0.2, 0.25) is 5.02 Å². The fourth-order valence-electron chi connectivity index (χ4n) is 3.52. The molecule has 0 N–H and O–H groups in total. The Kier molecular flexibility index (Phi) is 4.69. The van der Waals surface area contributed by atoms with Gasteiger partial charge in [0.2, 0.25) is 0 Å². The zero-order valence-corrected chi connectivity index (χ0v) is 19.2. The van der Waals surface area contributed by atoms with Crippen LogP contribution in [0.15, 0.2) is 9.69 Å². The van der Waals surface area contributed by atoms with Crippen molar-refractivity contribution in [3.63, 3.8) is 0 Å². The second kappa shape index (κ2) is 6.39. The number of anilines is 1. The third kappa shape index (κ3) is 2.68. The van der Waals surface area contributed by atoms with E-state index >= 15 is 4.39 Å². The monoisotopic (exact) mass is 624 g/mol.